The molecule has 2 aromatic rings. The van der Waals surface area contributed by atoms with Crippen LogP contribution in [0.5, 0.6) is 0 Å². The maximum absolute atomic E-state index is 13.7. The van der Waals surface area contributed by atoms with Crippen LogP contribution >= 0.6 is 11.6 Å². The van der Waals surface area contributed by atoms with Crippen molar-refractivity contribution in [3.05, 3.63) is 34.9 Å². The van der Waals surface area contributed by atoms with Crippen molar-refractivity contribution in [2.24, 2.45) is 0 Å². The maximum atomic E-state index is 13.7. The number of benzene rings is 1. The Morgan fingerprint density at radius 1 is 1.35 bits per heavy atom. The van der Waals surface area contributed by atoms with Crippen LogP contribution in [0, 0.1) is 5.82 Å². The third-order valence-electron chi connectivity index (χ3n) is 3.22. The largest absolute Gasteiger partial charge is 0.421 e. The van der Waals surface area contributed by atoms with Crippen LogP contribution in [-0.4, -0.2) is 22.8 Å². The minimum absolute atomic E-state index is 0.137. The Morgan fingerprint density at radius 2 is 2.20 bits per heavy atom. The molecule has 1 N–H and O–H groups in total. The zero-order valence-corrected chi connectivity index (χ0v) is 11.7. The second-order valence-electron chi connectivity index (χ2n) is 4.93. The first kappa shape index (κ1) is 13.5. The van der Waals surface area contributed by atoms with E-state index in [0.717, 1.165) is 13.0 Å². The third kappa shape index (κ3) is 3.16. The average Bonchev–Trinajstić information content (AvgIpc) is 3.13. The van der Waals surface area contributed by atoms with Crippen LogP contribution in [-0.2, 0) is 6.42 Å². The molecule has 0 aliphatic heterocycles. The van der Waals surface area contributed by atoms with Crippen molar-refractivity contribution >= 4 is 11.6 Å². The summed E-state index contributed by atoms with van der Waals surface area (Å²) in [5, 5.41) is 11.5. The topological polar surface area (TPSA) is 51.0 Å². The number of rotatable bonds is 6. The van der Waals surface area contributed by atoms with Crippen molar-refractivity contribution < 1.29 is 8.81 Å². The Morgan fingerprint density at radius 3 is 2.95 bits per heavy atom. The molecule has 0 bridgehead atoms. The number of aryl methyl sites for hydroxylation is 1. The fourth-order valence-electron chi connectivity index (χ4n) is 1.99. The summed E-state index contributed by atoms with van der Waals surface area (Å²) in [4.78, 5) is 0. The number of hydrogen-bond donors (Lipinski definition) is 1. The van der Waals surface area contributed by atoms with Crippen molar-refractivity contribution in [1.29, 1.82) is 0 Å². The van der Waals surface area contributed by atoms with Crippen LogP contribution in [0.25, 0.3) is 11.5 Å². The normalized spacial score (nSPS) is 14.7. The van der Waals surface area contributed by atoms with E-state index in [1.165, 1.54) is 18.9 Å². The van der Waals surface area contributed by atoms with Gasteiger partial charge in [0.15, 0.2) is 0 Å². The predicted molar refractivity (Wildman–Crippen MR) is 74.0 cm³/mol. The molecule has 20 heavy (non-hydrogen) atoms. The molecule has 0 atom stereocenters. The number of aromatic nitrogens is 2. The molecule has 1 aliphatic carbocycles. The second kappa shape index (κ2) is 5.89. The second-order valence-corrected chi connectivity index (χ2v) is 5.34. The van der Waals surface area contributed by atoms with Crippen LogP contribution < -0.4 is 5.32 Å². The summed E-state index contributed by atoms with van der Waals surface area (Å²) < 4.78 is 19.2. The van der Waals surface area contributed by atoms with Crippen LogP contribution in [0.1, 0.15) is 25.2 Å². The fraction of sp³-hybridized carbons (Fsp3) is 0.429. The Bertz CT molecular complexity index is 578. The first-order chi connectivity index (χ1) is 9.74. The van der Waals surface area contributed by atoms with E-state index in [1.54, 1.807) is 12.1 Å². The summed E-state index contributed by atoms with van der Waals surface area (Å²) in [5.74, 6) is 0.193. The summed E-state index contributed by atoms with van der Waals surface area (Å²) in [6.45, 7) is 0.933. The smallest absolute Gasteiger partial charge is 0.252 e. The fourth-order valence-corrected chi connectivity index (χ4v) is 2.23. The molecule has 106 valence electrons. The van der Waals surface area contributed by atoms with E-state index in [2.05, 4.69) is 15.5 Å². The molecule has 0 amide bonds. The molecule has 0 spiro atoms. The highest BCUT2D eigenvalue weighted by atomic mass is 35.5. The standard InChI is InChI=1S/C14H15ClFN3O/c15-10-3-1-4-11(16)13(10)14-19-18-12(20-14)5-2-8-17-9-6-7-9/h1,3-4,9,17H,2,5-8H2. The highest BCUT2D eigenvalue weighted by Crippen LogP contribution is 2.29. The number of halogens is 2. The molecule has 1 aromatic heterocycles. The lowest BCUT2D eigenvalue weighted by Crippen LogP contribution is -2.17. The van der Waals surface area contributed by atoms with E-state index in [-0.39, 0.29) is 16.5 Å². The van der Waals surface area contributed by atoms with Gasteiger partial charge in [0, 0.05) is 12.5 Å². The molecular weight excluding hydrogens is 281 g/mol. The molecule has 1 fully saturated rings. The molecule has 0 radical (unpaired) electrons. The maximum Gasteiger partial charge on any atom is 0.252 e. The summed E-state index contributed by atoms with van der Waals surface area (Å²) in [5.41, 5.74) is 0.170. The van der Waals surface area contributed by atoms with Gasteiger partial charge in [-0.2, -0.15) is 0 Å². The molecule has 1 heterocycles. The Labute approximate surface area is 121 Å². The van der Waals surface area contributed by atoms with Crippen molar-refractivity contribution in [3.63, 3.8) is 0 Å². The van der Waals surface area contributed by atoms with Gasteiger partial charge in [-0.1, -0.05) is 17.7 Å². The van der Waals surface area contributed by atoms with Gasteiger partial charge in [0.05, 0.1) is 10.6 Å². The van der Waals surface area contributed by atoms with Crippen LogP contribution in [0.2, 0.25) is 5.02 Å². The Balaban J connectivity index is 1.63. The summed E-state index contributed by atoms with van der Waals surface area (Å²) in [7, 11) is 0. The van der Waals surface area contributed by atoms with Crippen molar-refractivity contribution in [1.82, 2.24) is 15.5 Å². The van der Waals surface area contributed by atoms with Gasteiger partial charge in [-0.15, -0.1) is 10.2 Å². The SMILES string of the molecule is Fc1cccc(Cl)c1-c1nnc(CCCNC2CC2)o1. The molecule has 4 nitrogen and oxygen atoms in total. The van der Waals surface area contributed by atoms with E-state index in [1.807, 2.05) is 0 Å². The lowest BCUT2D eigenvalue weighted by Gasteiger charge is -2.00. The molecule has 1 aliphatic rings. The highest BCUT2D eigenvalue weighted by molar-refractivity contribution is 6.33. The van der Waals surface area contributed by atoms with E-state index in [4.69, 9.17) is 16.0 Å². The zero-order chi connectivity index (χ0) is 13.9. The number of nitrogens with zero attached hydrogens (tertiary/aromatic N) is 2. The van der Waals surface area contributed by atoms with Gasteiger partial charge in [-0.3, -0.25) is 0 Å². The summed E-state index contributed by atoms with van der Waals surface area (Å²) >= 11 is 5.96. The van der Waals surface area contributed by atoms with Crippen LogP contribution in [0.3, 0.4) is 0 Å². The highest BCUT2D eigenvalue weighted by Gasteiger charge is 2.20. The predicted octanol–water partition coefficient (Wildman–Crippen LogP) is 3.21. The molecule has 0 unspecified atom stereocenters. The van der Waals surface area contributed by atoms with E-state index in [9.17, 15) is 4.39 Å². The Kier molecular flexibility index (Phi) is 3.98. The first-order valence-electron chi connectivity index (χ1n) is 6.74. The molecule has 6 heteroatoms. The minimum Gasteiger partial charge on any atom is -0.421 e. The first-order valence-corrected chi connectivity index (χ1v) is 7.12. The van der Waals surface area contributed by atoms with Crippen LogP contribution in [0.4, 0.5) is 4.39 Å². The number of hydrogen-bond acceptors (Lipinski definition) is 4. The van der Waals surface area contributed by atoms with Gasteiger partial charge in [-0.25, -0.2) is 4.39 Å². The van der Waals surface area contributed by atoms with Gasteiger partial charge in [0.25, 0.3) is 5.89 Å². The lowest BCUT2D eigenvalue weighted by molar-refractivity contribution is 0.487. The summed E-state index contributed by atoms with van der Waals surface area (Å²) in [6, 6.07) is 5.17. The monoisotopic (exact) mass is 295 g/mol. The van der Waals surface area contributed by atoms with E-state index >= 15 is 0 Å². The van der Waals surface area contributed by atoms with E-state index in [0.29, 0.717) is 18.4 Å². The van der Waals surface area contributed by atoms with Gasteiger partial charge < -0.3 is 9.73 Å². The van der Waals surface area contributed by atoms with Gasteiger partial charge in [0.2, 0.25) is 5.89 Å². The van der Waals surface area contributed by atoms with Gasteiger partial charge in [-0.05, 0) is 37.9 Å². The lowest BCUT2D eigenvalue weighted by atomic mass is 10.2. The molecular formula is C14H15ClFN3O. The Hall–Kier alpha value is -1.46. The van der Waals surface area contributed by atoms with Crippen LogP contribution in [0.15, 0.2) is 22.6 Å². The summed E-state index contributed by atoms with van der Waals surface area (Å²) in [6.07, 6.45) is 4.15. The van der Waals surface area contributed by atoms with Gasteiger partial charge in [0.1, 0.15) is 5.82 Å². The third-order valence-corrected chi connectivity index (χ3v) is 3.54. The average molecular weight is 296 g/mol. The van der Waals surface area contributed by atoms with Crippen molar-refractivity contribution in [2.45, 2.75) is 31.7 Å². The molecule has 0 saturated heterocycles. The van der Waals surface area contributed by atoms with Crippen molar-refractivity contribution in [2.75, 3.05) is 6.54 Å². The quantitative estimate of drug-likeness (QED) is 0.831. The van der Waals surface area contributed by atoms with Gasteiger partial charge >= 0.3 is 0 Å². The zero-order valence-electron chi connectivity index (χ0n) is 10.9. The minimum atomic E-state index is -0.455. The molecule has 1 saturated carbocycles. The molecule has 3 rings (SSSR count). The number of nitrogens with one attached hydrogen (secondary N) is 1. The van der Waals surface area contributed by atoms with E-state index < -0.39 is 5.82 Å². The molecule has 1 aromatic carbocycles. The van der Waals surface area contributed by atoms with Crippen molar-refractivity contribution in [3.8, 4) is 11.5 Å².